The Hall–Kier alpha value is -4.38. The number of ether oxygens (including phenoxy) is 2. The predicted molar refractivity (Wildman–Crippen MR) is 115 cm³/mol. The van der Waals surface area contributed by atoms with Gasteiger partial charge in [-0.3, -0.25) is 4.79 Å². The first kappa shape index (κ1) is 21.3. The first-order chi connectivity index (χ1) is 14.9. The highest BCUT2D eigenvalue weighted by Crippen LogP contribution is 2.28. The van der Waals surface area contributed by atoms with E-state index in [0.717, 1.165) is 10.2 Å². The summed E-state index contributed by atoms with van der Waals surface area (Å²) in [7, 11) is 3.01. The van der Waals surface area contributed by atoms with Crippen molar-refractivity contribution >= 4 is 18.1 Å². The molecule has 0 unspecified atom stereocenters. The summed E-state index contributed by atoms with van der Waals surface area (Å²) in [5, 5.41) is 23.3. The van der Waals surface area contributed by atoms with Gasteiger partial charge in [0, 0.05) is 5.56 Å². The van der Waals surface area contributed by atoms with Crippen LogP contribution in [0.25, 0.3) is 17.8 Å². The number of rotatable bonds is 6. The fourth-order valence-electron chi connectivity index (χ4n) is 3.04. The quantitative estimate of drug-likeness (QED) is 0.654. The van der Waals surface area contributed by atoms with Crippen molar-refractivity contribution in [3.05, 3.63) is 80.8 Å². The van der Waals surface area contributed by atoms with Gasteiger partial charge in [-0.05, 0) is 42.3 Å². The summed E-state index contributed by atoms with van der Waals surface area (Å²) in [6.45, 7) is 1.83. The normalized spacial score (nSPS) is 10.6. The van der Waals surface area contributed by atoms with Gasteiger partial charge in [-0.15, -0.1) is 0 Å². The Bertz CT molecular complexity index is 1290. The van der Waals surface area contributed by atoms with E-state index in [9.17, 15) is 20.0 Å². The van der Waals surface area contributed by atoms with Crippen LogP contribution in [0.5, 0.6) is 11.5 Å². The SMILES string of the molecule is COc1ccc(/C=C\c2c(C(=O)O)nn(-c3cccc(C)c3)c(=O)c2C#N)cc1OC. The number of aromatic nitrogens is 2. The molecule has 8 nitrogen and oxygen atoms in total. The number of aryl methyl sites for hydroxylation is 1. The Labute approximate surface area is 178 Å². The first-order valence-corrected chi connectivity index (χ1v) is 9.17. The summed E-state index contributed by atoms with van der Waals surface area (Å²) in [6.07, 6.45) is 2.96. The summed E-state index contributed by atoms with van der Waals surface area (Å²) in [6, 6.07) is 13.8. The molecule has 31 heavy (non-hydrogen) atoms. The highest BCUT2D eigenvalue weighted by molar-refractivity contribution is 5.92. The van der Waals surface area contributed by atoms with Gasteiger partial charge < -0.3 is 14.6 Å². The van der Waals surface area contributed by atoms with Gasteiger partial charge in [-0.1, -0.05) is 30.4 Å². The number of carboxylic acid groups (broad SMARTS) is 1. The minimum atomic E-state index is -1.36. The Morgan fingerprint density at radius 3 is 2.48 bits per heavy atom. The molecular weight excluding hydrogens is 398 g/mol. The predicted octanol–water partition coefficient (Wildman–Crippen LogP) is 3.30. The van der Waals surface area contributed by atoms with E-state index in [1.807, 2.05) is 19.1 Å². The lowest BCUT2D eigenvalue weighted by Crippen LogP contribution is -2.28. The Morgan fingerprint density at radius 1 is 1.13 bits per heavy atom. The maximum absolute atomic E-state index is 12.9. The number of aromatic carboxylic acids is 1. The number of methoxy groups -OCH3 is 2. The van der Waals surface area contributed by atoms with E-state index < -0.39 is 17.2 Å². The van der Waals surface area contributed by atoms with Crippen molar-refractivity contribution in [3.8, 4) is 23.3 Å². The van der Waals surface area contributed by atoms with Crippen LogP contribution in [0.2, 0.25) is 0 Å². The smallest absolute Gasteiger partial charge is 0.357 e. The van der Waals surface area contributed by atoms with Crippen LogP contribution in [0.4, 0.5) is 0 Å². The van der Waals surface area contributed by atoms with Crippen molar-refractivity contribution in [1.82, 2.24) is 9.78 Å². The van der Waals surface area contributed by atoms with Gasteiger partial charge in [0.1, 0.15) is 11.6 Å². The molecule has 3 rings (SSSR count). The summed E-state index contributed by atoms with van der Waals surface area (Å²) >= 11 is 0. The van der Waals surface area contributed by atoms with Crippen molar-refractivity contribution < 1.29 is 19.4 Å². The summed E-state index contributed by atoms with van der Waals surface area (Å²) in [5.74, 6) is -0.340. The molecule has 0 fully saturated rings. The second-order valence-corrected chi connectivity index (χ2v) is 6.56. The molecule has 0 bridgehead atoms. The highest BCUT2D eigenvalue weighted by atomic mass is 16.5. The molecule has 0 aliphatic heterocycles. The minimum Gasteiger partial charge on any atom is -0.493 e. The average Bonchev–Trinajstić information content (AvgIpc) is 2.77. The number of carboxylic acids is 1. The third kappa shape index (κ3) is 4.31. The molecule has 0 radical (unpaired) electrons. The molecule has 0 atom stereocenters. The fraction of sp³-hybridized carbons (Fsp3) is 0.130. The van der Waals surface area contributed by atoms with E-state index >= 15 is 0 Å². The maximum Gasteiger partial charge on any atom is 0.357 e. The molecule has 1 aromatic heterocycles. The van der Waals surface area contributed by atoms with E-state index in [4.69, 9.17) is 9.47 Å². The molecule has 156 valence electrons. The summed E-state index contributed by atoms with van der Waals surface area (Å²) < 4.78 is 11.4. The van der Waals surface area contributed by atoms with Gasteiger partial charge in [0.05, 0.1) is 19.9 Å². The molecule has 0 saturated heterocycles. The van der Waals surface area contributed by atoms with E-state index in [2.05, 4.69) is 5.10 Å². The second-order valence-electron chi connectivity index (χ2n) is 6.56. The molecule has 0 aliphatic carbocycles. The average molecular weight is 417 g/mol. The van der Waals surface area contributed by atoms with Crippen LogP contribution in [-0.2, 0) is 0 Å². The van der Waals surface area contributed by atoms with E-state index in [1.165, 1.54) is 20.3 Å². The van der Waals surface area contributed by atoms with E-state index in [1.54, 1.807) is 42.5 Å². The van der Waals surface area contributed by atoms with Crippen LogP contribution in [0.3, 0.4) is 0 Å². The topological polar surface area (TPSA) is 114 Å². The zero-order valence-corrected chi connectivity index (χ0v) is 17.1. The van der Waals surface area contributed by atoms with Gasteiger partial charge in [0.15, 0.2) is 17.2 Å². The molecule has 8 heteroatoms. The standard InChI is InChI=1S/C23H19N3O5/c1-14-5-4-6-16(11-14)26-22(27)18(13-24)17(21(25-26)23(28)29)9-7-15-8-10-19(30-2)20(12-15)31-3/h4-12H,1-3H3,(H,28,29)/b9-7-. The lowest BCUT2D eigenvalue weighted by atomic mass is 10.1. The van der Waals surface area contributed by atoms with Gasteiger partial charge in [0.2, 0.25) is 0 Å². The largest absolute Gasteiger partial charge is 0.493 e. The van der Waals surface area contributed by atoms with Crippen molar-refractivity contribution in [3.63, 3.8) is 0 Å². The number of benzene rings is 2. The number of nitrogens with zero attached hydrogens (tertiary/aromatic N) is 3. The van der Waals surface area contributed by atoms with Crippen molar-refractivity contribution in [2.24, 2.45) is 0 Å². The third-order valence-electron chi connectivity index (χ3n) is 4.54. The third-order valence-corrected chi connectivity index (χ3v) is 4.54. The fourth-order valence-corrected chi connectivity index (χ4v) is 3.04. The Balaban J connectivity index is 2.18. The maximum atomic E-state index is 12.9. The lowest BCUT2D eigenvalue weighted by molar-refractivity contribution is 0.0688. The number of hydrogen-bond acceptors (Lipinski definition) is 6. The van der Waals surface area contributed by atoms with Crippen LogP contribution in [0.15, 0.2) is 47.3 Å². The van der Waals surface area contributed by atoms with Crippen molar-refractivity contribution in [2.75, 3.05) is 14.2 Å². The number of carbonyl (C=O) groups is 1. The second kappa shape index (κ2) is 8.97. The summed E-state index contributed by atoms with van der Waals surface area (Å²) in [5.41, 5.74) is 0.392. The molecule has 0 aliphatic rings. The summed E-state index contributed by atoms with van der Waals surface area (Å²) in [4.78, 5) is 24.8. The van der Waals surface area contributed by atoms with Crippen LogP contribution in [-0.4, -0.2) is 35.1 Å². The Kier molecular flexibility index (Phi) is 6.17. The number of nitriles is 1. The minimum absolute atomic E-state index is 0.0707. The molecule has 3 aromatic rings. The molecule has 1 heterocycles. The zero-order valence-electron chi connectivity index (χ0n) is 17.1. The van der Waals surface area contributed by atoms with Crippen LogP contribution < -0.4 is 15.0 Å². The van der Waals surface area contributed by atoms with Crippen LogP contribution in [0.1, 0.15) is 32.7 Å². The Morgan fingerprint density at radius 2 is 1.87 bits per heavy atom. The number of hydrogen-bond donors (Lipinski definition) is 1. The monoisotopic (exact) mass is 417 g/mol. The molecular formula is C23H19N3O5. The van der Waals surface area contributed by atoms with E-state index in [0.29, 0.717) is 22.7 Å². The molecule has 1 N–H and O–H groups in total. The van der Waals surface area contributed by atoms with E-state index in [-0.39, 0.29) is 11.1 Å². The zero-order chi connectivity index (χ0) is 22.5. The molecule has 0 saturated carbocycles. The van der Waals surface area contributed by atoms with Crippen LogP contribution in [0, 0.1) is 18.3 Å². The molecule has 0 amide bonds. The molecule has 2 aromatic carbocycles. The highest BCUT2D eigenvalue weighted by Gasteiger charge is 2.21. The van der Waals surface area contributed by atoms with Gasteiger partial charge in [0.25, 0.3) is 5.56 Å². The van der Waals surface area contributed by atoms with Crippen LogP contribution >= 0.6 is 0 Å². The van der Waals surface area contributed by atoms with Crippen molar-refractivity contribution in [2.45, 2.75) is 6.92 Å². The lowest BCUT2D eigenvalue weighted by Gasteiger charge is -2.10. The van der Waals surface area contributed by atoms with Gasteiger partial charge in [-0.25, -0.2) is 4.79 Å². The van der Waals surface area contributed by atoms with Gasteiger partial charge in [-0.2, -0.15) is 15.0 Å². The molecule has 0 spiro atoms. The van der Waals surface area contributed by atoms with Gasteiger partial charge >= 0.3 is 5.97 Å². The first-order valence-electron chi connectivity index (χ1n) is 9.17. The van der Waals surface area contributed by atoms with Crippen molar-refractivity contribution in [1.29, 1.82) is 5.26 Å².